The number of aromatic nitrogens is 2. The van der Waals surface area contributed by atoms with Gasteiger partial charge in [-0.1, -0.05) is 32.1 Å². The van der Waals surface area contributed by atoms with Crippen molar-refractivity contribution in [3.8, 4) is 0 Å². The van der Waals surface area contributed by atoms with Crippen LogP contribution in [0.5, 0.6) is 0 Å². The number of nitrogens with one attached hydrogen (secondary N) is 1. The van der Waals surface area contributed by atoms with E-state index in [0.717, 1.165) is 24.4 Å². The molecule has 2 saturated carbocycles. The normalized spacial score (nSPS) is 25.7. The van der Waals surface area contributed by atoms with Crippen LogP contribution in [0.15, 0.2) is 12.4 Å². The van der Waals surface area contributed by atoms with Crippen molar-refractivity contribution in [3.05, 3.63) is 18.1 Å². The van der Waals surface area contributed by atoms with Crippen molar-refractivity contribution in [1.29, 1.82) is 0 Å². The highest BCUT2D eigenvalue weighted by atomic mass is 35.5. The van der Waals surface area contributed by atoms with Gasteiger partial charge in [-0.15, -0.1) is 24.8 Å². The number of rotatable bonds is 3. The van der Waals surface area contributed by atoms with Gasteiger partial charge in [0.2, 0.25) is 0 Å². The second-order valence-electron chi connectivity index (χ2n) is 6.44. The minimum atomic E-state index is 0. The van der Waals surface area contributed by atoms with E-state index in [-0.39, 0.29) is 24.8 Å². The highest BCUT2D eigenvalue weighted by Crippen LogP contribution is 2.35. The first-order chi connectivity index (χ1) is 9.81. The van der Waals surface area contributed by atoms with Crippen molar-refractivity contribution in [2.24, 2.45) is 5.73 Å². The molecule has 0 spiro atoms. The van der Waals surface area contributed by atoms with Gasteiger partial charge >= 0.3 is 0 Å². The van der Waals surface area contributed by atoms with Gasteiger partial charge in [-0.05, 0) is 25.7 Å². The SMILES string of the molecule is Cl.Cl.NC1CC(c2cc(NC3CCCCCCC3)ncn2)C1. The van der Waals surface area contributed by atoms with Crippen molar-refractivity contribution in [1.82, 2.24) is 9.97 Å². The summed E-state index contributed by atoms with van der Waals surface area (Å²) in [6.45, 7) is 0. The smallest absolute Gasteiger partial charge is 0.129 e. The van der Waals surface area contributed by atoms with E-state index in [0.29, 0.717) is 18.0 Å². The highest BCUT2D eigenvalue weighted by Gasteiger charge is 2.28. The van der Waals surface area contributed by atoms with Crippen LogP contribution >= 0.6 is 24.8 Å². The lowest BCUT2D eigenvalue weighted by atomic mass is 9.78. The Bertz CT molecular complexity index is 430. The fourth-order valence-corrected chi connectivity index (χ4v) is 3.39. The number of anilines is 1. The Labute approximate surface area is 145 Å². The lowest BCUT2D eigenvalue weighted by Gasteiger charge is -2.32. The third kappa shape index (κ3) is 5.25. The van der Waals surface area contributed by atoms with E-state index in [4.69, 9.17) is 5.73 Å². The van der Waals surface area contributed by atoms with Gasteiger partial charge in [0.1, 0.15) is 12.1 Å². The van der Waals surface area contributed by atoms with Gasteiger partial charge in [0.15, 0.2) is 0 Å². The molecule has 22 heavy (non-hydrogen) atoms. The van der Waals surface area contributed by atoms with E-state index in [1.165, 1.54) is 44.9 Å². The van der Waals surface area contributed by atoms with Crippen LogP contribution in [0.1, 0.15) is 69.4 Å². The zero-order valence-corrected chi connectivity index (χ0v) is 14.7. The molecule has 3 rings (SSSR count). The molecule has 1 aromatic rings. The summed E-state index contributed by atoms with van der Waals surface area (Å²) in [5.41, 5.74) is 7.03. The maximum atomic E-state index is 5.87. The van der Waals surface area contributed by atoms with E-state index in [1.54, 1.807) is 6.33 Å². The van der Waals surface area contributed by atoms with Crippen LogP contribution in [-0.2, 0) is 0 Å². The van der Waals surface area contributed by atoms with Crippen LogP contribution in [0, 0.1) is 0 Å². The first kappa shape index (κ1) is 19.5. The van der Waals surface area contributed by atoms with Gasteiger partial charge in [0, 0.05) is 29.8 Å². The molecule has 2 fully saturated rings. The molecule has 0 aliphatic heterocycles. The second-order valence-corrected chi connectivity index (χ2v) is 6.44. The maximum absolute atomic E-state index is 5.87. The molecule has 0 amide bonds. The van der Waals surface area contributed by atoms with Gasteiger partial charge in [0.25, 0.3) is 0 Å². The average molecular weight is 347 g/mol. The molecule has 0 atom stereocenters. The lowest BCUT2D eigenvalue weighted by Crippen LogP contribution is -2.35. The van der Waals surface area contributed by atoms with E-state index in [1.807, 2.05) is 0 Å². The molecule has 3 N–H and O–H groups in total. The van der Waals surface area contributed by atoms with Gasteiger partial charge in [-0.3, -0.25) is 0 Å². The third-order valence-electron chi connectivity index (χ3n) is 4.74. The van der Waals surface area contributed by atoms with Gasteiger partial charge in [0.05, 0.1) is 0 Å². The minimum Gasteiger partial charge on any atom is -0.367 e. The van der Waals surface area contributed by atoms with E-state index in [2.05, 4.69) is 21.4 Å². The van der Waals surface area contributed by atoms with E-state index >= 15 is 0 Å². The second kappa shape index (κ2) is 9.53. The Morgan fingerprint density at radius 2 is 1.59 bits per heavy atom. The third-order valence-corrected chi connectivity index (χ3v) is 4.74. The molecule has 0 radical (unpaired) electrons. The number of nitrogens with zero attached hydrogens (tertiary/aromatic N) is 2. The summed E-state index contributed by atoms with van der Waals surface area (Å²) in [6, 6.07) is 3.09. The van der Waals surface area contributed by atoms with Gasteiger partial charge < -0.3 is 11.1 Å². The molecule has 0 saturated heterocycles. The molecule has 0 unspecified atom stereocenters. The number of hydrogen-bond donors (Lipinski definition) is 2. The zero-order chi connectivity index (χ0) is 13.8. The summed E-state index contributed by atoms with van der Waals surface area (Å²) in [5, 5.41) is 3.62. The molecule has 126 valence electrons. The Hall–Kier alpha value is -0.580. The summed E-state index contributed by atoms with van der Waals surface area (Å²) in [7, 11) is 0. The highest BCUT2D eigenvalue weighted by molar-refractivity contribution is 5.85. The van der Waals surface area contributed by atoms with Crippen LogP contribution in [0.3, 0.4) is 0 Å². The van der Waals surface area contributed by atoms with E-state index in [9.17, 15) is 0 Å². The van der Waals surface area contributed by atoms with Gasteiger partial charge in [-0.2, -0.15) is 0 Å². The number of hydrogen-bond acceptors (Lipinski definition) is 4. The van der Waals surface area contributed by atoms with E-state index < -0.39 is 0 Å². The molecular formula is C16H28Cl2N4. The molecule has 1 heterocycles. The zero-order valence-electron chi connectivity index (χ0n) is 13.0. The molecule has 4 nitrogen and oxygen atoms in total. The summed E-state index contributed by atoms with van der Waals surface area (Å²) < 4.78 is 0. The van der Waals surface area contributed by atoms with Crippen LogP contribution in [0.4, 0.5) is 5.82 Å². The van der Waals surface area contributed by atoms with Crippen LogP contribution in [-0.4, -0.2) is 22.1 Å². The molecule has 0 aromatic carbocycles. The number of nitrogens with two attached hydrogens (primary N) is 1. The maximum Gasteiger partial charge on any atom is 0.129 e. The summed E-state index contributed by atoms with van der Waals surface area (Å²) in [5.74, 6) is 1.55. The largest absolute Gasteiger partial charge is 0.367 e. The first-order valence-electron chi connectivity index (χ1n) is 8.15. The predicted octanol–water partition coefficient (Wildman–Crippen LogP) is 4.05. The quantitative estimate of drug-likeness (QED) is 0.866. The molecular weight excluding hydrogens is 319 g/mol. The fraction of sp³-hybridized carbons (Fsp3) is 0.750. The minimum absolute atomic E-state index is 0. The Morgan fingerprint density at radius 1 is 0.955 bits per heavy atom. The van der Waals surface area contributed by atoms with Crippen molar-refractivity contribution in [2.75, 3.05) is 5.32 Å². The fourth-order valence-electron chi connectivity index (χ4n) is 3.39. The Morgan fingerprint density at radius 3 is 2.23 bits per heavy atom. The number of halogens is 2. The molecule has 0 bridgehead atoms. The van der Waals surface area contributed by atoms with Crippen LogP contribution in [0.25, 0.3) is 0 Å². The van der Waals surface area contributed by atoms with Crippen LogP contribution in [0.2, 0.25) is 0 Å². The van der Waals surface area contributed by atoms with Gasteiger partial charge in [-0.25, -0.2) is 9.97 Å². The summed E-state index contributed by atoms with van der Waals surface area (Å²) in [6.07, 6.45) is 13.2. The molecule has 2 aliphatic rings. The Balaban J connectivity index is 0.00000121. The monoisotopic (exact) mass is 346 g/mol. The summed E-state index contributed by atoms with van der Waals surface area (Å²) in [4.78, 5) is 8.81. The van der Waals surface area contributed by atoms with Crippen molar-refractivity contribution >= 4 is 30.6 Å². The van der Waals surface area contributed by atoms with Crippen LogP contribution < -0.4 is 11.1 Å². The van der Waals surface area contributed by atoms with Crippen molar-refractivity contribution < 1.29 is 0 Å². The van der Waals surface area contributed by atoms with Crippen molar-refractivity contribution in [2.45, 2.75) is 75.8 Å². The molecule has 6 heteroatoms. The first-order valence-corrected chi connectivity index (χ1v) is 8.15. The Kier molecular flexibility index (Phi) is 8.44. The average Bonchev–Trinajstić information content (AvgIpc) is 2.38. The standard InChI is InChI=1S/C16H26N4.2ClH/c17-13-8-12(9-13)15-10-16(19-11-18-15)20-14-6-4-2-1-3-5-7-14;;/h10-14H,1-9,17H2,(H,18,19,20);2*1H. The lowest BCUT2D eigenvalue weighted by molar-refractivity contribution is 0.345. The predicted molar refractivity (Wildman–Crippen MR) is 96.2 cm³/mol. The molecule has 2 aliphatic carbocycles. The topological polar surface area (TPSA) is 63.8 Å². The van der Waals surface area contributed by atoms with Crippen molar-refractivity contribution in [3.63, 3.8) is 0 Å². The molecule has 1 aromatic heterocycles. The summed E-state index contributed by atoms with van der Waals surface area (Å²) >= 11 is 0.